The third kappa shape index (κ3) is 7.17. The van der Waals surface area contributed by atoms with Gasteiger partial charge in [0.2, 0.25) is 0 Å². The smallest absolute Gasteiger partial charge is 0.0514 e. The average Bonchev–Trinajstić information content (AvgIpc) is 1.89. The van der Waals surface area contributed by atoms with Crippen molar-refractivity contribution in [1.82, 2.24) is 5.32 Å². The Morgan fingerprint density at radius 2 is 2.44 bits per heavy atom. The highest BCUT2D eigenvalue weighted by atomic mass is 14.9. The Hall–Kier alpha value is -0.830. The maximum atomic E-state index is 5.06. The van der Waals surface area contributed by atoms with Crippen LogP contribution < -0.4 is 11.1 Å². The third-order valence-corrected chi connectivity index (χ3v) is 0.793. The molecule has 0 unspecified atom stereocenters. The van der Waals surface area contributed by atoms with Crippen molar-refractivity contribution in [2.24, 2.45) is 10.7 Å². The van der Waals surface area contributed by atoms with Gasteiger partial charge in [0.15, 0.2) is 0 Å². The first-order chi connectivity index (χ1) is 4.41. The van der Waals surface area contributed by atoms with Crippen LogP contribution in [0.4, 0.5) is 0 Å². The van der Waals surface area contributed by atoms with E-state index in [4.69, 9.17) is 5.73 Å². The molecule has 0 aromatic heterocycles. The van der Waals surface area contributed by atoms with Crippen molar-refractivity contribution in [2.45, 2.75) is 0 Å². The Morgan fingerprint density at radius 1 is 1.67 bits per heavy atom. The van der Waals surface area contributed by atoms with Crippen molar-refractivity contribution >= 4 is 6.21 Å². The van der Waals surface area contributed by atoms with Crippen molar-refractivity contribution in [1.29, 1.82) is 0 Å². The van der Waals surface area contributed by atoms with E-state index in [1.54, 1.807) is 12.3 Å². The van der Waals surface area contributed by atoms with Gasteiger partial charge in [-0.2, -0.15) is 0 Å². The van der Waals surface area contributed by atoms with E-state index < -0.39 is 0 Å². The highest BCUT2D eigenvalue weighted by Crippen LogP contribution is 1.65. The fraction of sp³-hybridized carbons (Fsp3) is 0.500. The number of nitrogens with two attached hydrogens (primary N) is 1. The molecular weight excluding hydrogens is 114 g/mol. The fourth-order valence-corrected chi connectivity index (χ4v) is 0.361. The number of likely N-dealkylation sites (N-methyl/N-ethyl adjacent to an activating group) is 1. The maximum absolute atomic E-state index is 5.06. The van der Waals surface area contributed by atoms with Crippen LogP contribution in [0.25, 0.3) is 0 Å². The molecule has 0 amide bonds. The second-order valence-corrected chi connectivity index (χ2v) is 1.54. The average molecular weight is 127 g/mol. The van der Waals surface area contributed by atoms with E-state index in [1.165, 1.54) is 6.20 Å². The van der Waals surface area contributed by atoms with Crippen LogP contribution in [0.5, 0.6) is 0 Å². The lowest BCUT2D eigenvalue weighted by atomic mass is 10.6. The van der Waals surface area contributed by atoms with Gasteiger partial charge < -0.3 is 11.1 Å². The van der Waals surface area contributed by atoms with E-state index in [0.29, 0.717) is 0 Å². The molecule has 0 fully saturated rings. The Morgan fingerprint density at radius 3 is 3.00 bits per heavy atom. The molecule has 52 valence electrons. The molecule has 3 N–H and O–H groups in total. The minimum atomic E-state index is 0.806. The summed E-state index contributed by atoms with van der Waals surface area (Å²) < 4.78 is 0. The largest absolute Gasteiger partial charge is 0.405 e. The number of hydrogen-bond acceptors (Lipinski definition) is 3. The lowest BCUT2D eigenvalue weighted by molar-refractivity contribution is 0.804. The first-order valence-electron chi connectivity index (χ1n) is 2.93. The van der Waals surface area contributed by atoms with Crippen LogP contribution >= 0.6 is 0 Å². The molecule has 0 saturated carbocycles. The standard InChI is InChI=1S/C6H13N3/c1-8-5-6-9-4-2-3-7/h2-4,8H,5-7H2,1H3/b3-2-,9-4?. The van der Waals surface area contributed by atoms with Crippen molar-refractivity contribution in [3.8, 4) is 0 Å². The highest BCUT2D eigenvalue weighted by molar-refractivity contribution is 5.70. The van der Waals surface area contributed by atoms with Crippen molar-refractivity contribution in [3.63, 3.8) is 0 Å². The summed E-state index contributed by atoms with van der Waals surface area (Å²) in [6.45, 7) is 1.72. The zero-order valence-corrected chi connectivity index (χ0v) is 5.67. The topological polar surface area (TPSA) is 50.4 Å². The van der Waals surface area contributed by atoms with Crippen LogP contribution in [0.3, 0.4) is 0 Å². The van der Waals surface area contributed by atoms with Crippen LogP contribution in [0.1, 0.15) is 0 Å². The summed E-state index contributed by atoms with van der Waals surface area (Å²) in [7, 11) is 1.90. The monoisotopic (exact) mass is 127 g/mol. The number of aliphatic imine (C=N–C) groups is 1. The van der Waals surface area contributed by atoms with E-state index >= 15 is 0 Å². The second kappa shape index (κ2) is 7.17. The van der Waals surface area contributed by atoms with Gasteiger partial charge in [-0.1, -0.05) is 0 Å². The van der Waals surface area contributed by atoms with Crippen molar-refractivity contribution in [2.75, 3.05) is 20.1 Å². The van der Waals surface area contributed by atoms with Crippen molar-refractivity contribution < 1.29 is 0 Å². The second-order valence-electron chi connectivity index (χ2n) is 1.54. The van der Waals surface area contributed by atoms with Crippen LogP contribution in [0.2, 0.25) is 0 Å². The van der Waals surface area contributed by atoms with Gasteiger partial charge in [0.1, 0.15) is 0 Å². The van der Waals surface area contributed by atoms with E-state index in [-0.39, 0.29) is 0 Å². The predicted molar refractivity (Wildman–Crippen MR) is 40.6 cm³/mol. The van der Waals surface area contributed by atoms with Gasteiger partial charge >= 0.3 is 0 Å². The molecule has 0 radical (unpaired) electrons. The van der Waals surface area contributed by atoms with Gasteiger partial charge in [0.05, 0.1) is 6.54 Å². The van der Waals surface area contributed by atoms with E-state index in [2.05, 4.69) is 10.3 Å². The van der Waals surface area contributed by atoms with E-state index in [9.17, 15) is 0 Å². The Labute approximate surface area is 55.7 Å². The van der Waals surface area contributed by atoms with E-state index in [0.717, 1.165) is 13.1 Å². The molecule has 3 nitrogen and oxygen atoms in total. The lowest BCUT2D eigenvalue weighted by Crippen LogP contribution is -2.10. The summed E-state index contributed by atoms with van der Waals surface area (Å²) in [6, 6.07) is 0. The van der Waals surface area contributed by atoms with Gasteiger partial charge in [0.25, 0.3) is 0 Å². The highest BCUT2D eigenvalue weighted by Gasteiger charge is 1.72. The summed E-state index contributed by atoms with van der Waals surface area (Å²) in [4.78, 5) is 4.00. The maximum Gasteiger partial charge on any atom is 0.0514 e. The summed E-state index contributed by atoms with van der Waals surface area (Å²) in [5.41, 5.74) is 5.06. The van der Waals surface area contributed by atoms with Crippen LogP contribution in [0, 0.1) is 0 Å². The minimum absolute atomic E-state index is 0.806. The molecule has 0 aliphatic carbocycles. The Kier molecular flexibility index (Phi) is 6.51. The summed E-state index contributed by atoms with van der Waals surface area (Å²) in [6.07, 6.45) is 4.86. The zero-order chi connectivity index (χ0) is 6.95. The summed E-state index contributed by atoms with van der Waals surface area (Å²) >= 11 is 0. The van der Waals surface area contributed by atoms with Gasteiger partial charge in [-0.25, -0.2) is 0 Å². The molecule has 9 heavy (non-hydrogen) atoms. The molecule has 0 aliphatic rings. The first-order valence-corrected chi connectivity index (χ1v) is 2.93. The van der Waals surface area contributed by atoms with Gasteiger partial charge in [-0.15, -0.1) is 0 Å². The van der Waals surface area contributed by atoms with Gasteiger partial charge in [0, 0.05) is 12.8 Å². The number of allylic oxidation sites excluding steroid dienone is 1. The van der Waals surface area contributed by atoms with E-state index in [1.807, 2.05) is 7.05 Å². The molecule has 0 rings (SSSR count). The summed E-state index contributed by atoms with van der Waals surface area (Å²) in [5, 5.41) is 2.98. The number of nitrogens with zero attached hydrogens (tertiary/aromatic N) is 1. The molecule has 0 bridgehead atoms. The molecule has 0 heterocycles. The van der Waals surface area contributed by atoms with Crippen molar-refractivity contribution in [3.05, 3.63) is 12.3 Å². The quantitative estimate of drug-likeness (QED) is 0.404. The Balaban J connectivity index is 3.04. The van der Waals surface area contributed by atoms with Crippen LogP contribution in [0.15, 0.2) is 17.3 Å². The summed E-state index contributed by atoms with van der Waals surface area (Å²) in [5.74, 6) is 0. The van der Waals surface area contributed by atoms with Gasteiger partial charge in [-0.05, 0) is 19.3 Å². The van der Waals surface area contributed by atoms with Crippen LogP contribution in [-0.2, 0) is 0 Å². The molecular formula is C6H13N3. The van der Waals surface area contributed by atoms with Crippen LogP contribution in [-0.4, -0.2) is 26.4 Å². The number of rotatable bonds is 4. The van der Waals surface area contributed by atoms with Gasteiger partial charge in [-0.3, -0.25) is 4.99 Å². The third-order valence-electron chi connectivity index (χ3n) is 0.793. The molecule has 0 spiro atoms. The Bertz CT molecular complexity index is 96.5. The normalized spacial score (nSPS) is 11.7. The zero-order valence-electron chi connectivity index (χ0n) is 5.67. The molecule has 3 heteroatoms. The molecule has 0 aromatic carbocycles. The fourth-order valence-electron chi connectivity index (χ4n) is 0.361. The molecule has 0 atom stereocenters. The number of hydrogen-bond donors (Lipinski definition) is 2. The first kappa shape index (κ1) is 8.17. The number of nitrogens with one attached hydrogen (secondary N) is 1. The minimum Gasteiger partial charge on any atom is -0.405 e. The molecule has 0 saturated heterocycles. The molecule has 0 aromatic rings. The predicted octanol–water partition coefficient (Wildman–Crippen LogP) is -0.251. The SMILES string of the molecule is CNCCN=C/C=C\N. The molecule has 0 aliphatic heterocycles. The lowest BCUT2D eigenvalue weighted by Gasteiger charge is -1.88.